The summed E-state index contributed by atoms with van der Waals surface area (Å²) in [5, 5.41) is 0.749. The summed E-state index contributed by atoms with van der Waals surface area (Å²) in [6.07, 6.45) is 1.11. The highest BCUT2D eigenvalue weighted by molar-refractivity contribution is 6.31. The van der Waals surface area contributed by atoms with E-state index in [0.29, 0.717) is 5.69 Å². The first kappa shape index (κ1) is 11.4. The van der Waals surface area contributed by atoms with Crippen molar-refractivity contribution in [2.75, 3.05) is 17.2 Å². The molecule has 3 rings (SSSR count). The monoisotopic (exact) mass is 258 g/mol. The fourth-order valence-electron chi connectivity index (χ4n) is 2.47. The van der Waals surface area contributed by atoms with Crippen LogP contribution in [0.4, 0.5) is 11.4 Å². The number of benzene rings is 2. The Hall–Kier alpha value is -1.67. The Morgan fingerprint density at radius 3 is 2.83 bits per heavy atom. The summed E-state index contributed by atoms with van der Waals surface area (Å²) in [4.78, 5) is 2.37. The van der Waals surface area contributed by atoms with Gasteiger partial charge in [-0.3, -0.25) is 0 Å². The summed E-state index contributed by atoms with van der Waals surface area (Å²) in [5.41, 5.74) is 10.3. The molecule has 0 atom stereocenters. The third kappa shape index (κ3) is 2.04. The Kier molecular flexibility index (Phi) is 2.88. The normalized spacial score (nSPS) is 13.7. The Labute approximate surface area is 112 Å². The lowest BCUT2D eigenvalue weighted by atomic mass is 10.1. The lowest BCUT2D eigenvalue weighted by Gasteiger charge is -2.20. The third-order valence-electron chi connectivity index (χ3n) is 3.42. The molecule has 0 unspecified atom stereocenters. The molecule has 2 nitrogen and oxygen atoms in total. The van der Waals surface area contributed by atoms with Crippen molar-refractivity contribution in [2.24, 2.45) is 0 Å². The number of nitrogen functional groups attached to an aromatic ring is 1. The van der Waals surface area contributed by atoms with E-state index in [-0.39, 0.29) is 0 Å². The fourth-order valence-corrected chi connectivity index (χ4v) is 2.72. The quantitative estimate of drug-likeness (QED) is 0.836. The van der Waals surface area contributed by atoms with Gasteiger partial charge >= 0.3 is 0 Å². The highest BCUT2D eigenvalue weighted by Crippen LogP contribution is 2.30. The number of nitrogens with zero attached hydrogens (tertiary/aromatic N) is 1. The molecule has 0 fully saturated rings. The number of hydrogen-bond acceptors (Lipinski definition) is 2. The van der Waals surface area contributed by atoms with Crippen LogP contribution in [0.15, 0.2) is 42.5 Å². The first-order valence-corrected chi connectivity index (χ1v) is 6.48. The molecule has 2 aromatic carbocycles. The molecule has 18 heavy (non-hydrogen) atoms. The van der Waals surface area contributed by atoms with Gasteiger partial charge in [-0.2, -0.15) is 0 Å². The molecule has 1 heterocycles. The highest BCUT2D eigenvalue weighted by atomic mass is 35.5. The first-order valence-electron chi connectivity index (χ1n) is 6.11. The summed E-state index contributed by atoms with van der Waals surface area (Å²) in [6, 6.07) is 14.3. The van der Waals surface area contributed by atoms with Gasteiger partial charge in [0.1, 0.15) is 0 Å². The number of anilines is 2. The van der Waals surface area contributed by atoms with Gasteiger partial charge in [-0.1, -0.05) is 35.9 Å². The molecular formula is C15H15ClN2. The third-order valence-corrected chi connectivity index (χ3v) is 3.77. The maximum absolute atomic E-state index is 6.23. The molecule has 1 aliphatic rings. The molecule has 3 heteroatoms. The predicted molar refractivity (Wildman–Crippen MR) is 77.1 cm³/mol. The van der Waals surface area contributed by atoms with Gasteiger partial charge in [0.05, 0.1) is 0 Å². The van der Waals surface area contributed by atoms with E-state index in [9.17, 15) is 0 Å². The van der Waals surface area contributed by atoms with E-state index in [2.05, 4.69) is 29.2 Å². The van der Waals surface area contributed by atoms with Crippen LogP contribution >= 0.6 is 11.6 Å². The largest absolute Gasteiger partial charge is 0.399 e. The van der Waals surface area contributed by atoms with Gasteiger partial charge < -0.3 is 10.6 Å². The number of nitrogens with two attached hydrogens (primary N) is 1. The van der Waals surface area contributed by atoms with Crippen LogP contribution in [0.25, 0.3) is 0 Å². The second-order valence-electron chi connectivity index (χ2n) is 4.65. The molecule has 0 radical (unpaired) electrons. The molecule has 0 amide bonds. The van der Waals surface area contributed by atoms with Gasteiger partial charge in [0.2, 0.25) is 0 Å². The zero-order valence-electron chi connectivity index (χ0n) is 10.1. The molecule has 0 aliphatic carbocycles. The van der Waals surface area contributed by atoms with Gasteiger partial charge in [-0.25, -0.2) is 0 Å². The van der Waals surface area contributed by atoms with Crippen molar-refractivity contribution < 1.29 is 0 Å². The summed E-state index contributed by atoms with van der Waals surface area (Å²) >= 11 is 6.23. The minimum absolute atomic E-state index is 0.713. The van der Waals surface area contributed by atoms with Crippen molar-refractivity contribution in [3.05, 3.63) is 58.6 Å². The Morgan fingerprint density at radius 2 is 2.00 bits per heavy atom. The molecule has 2 N–H and O–H groups in total. The van der Waals surface area contributed by atoms with Crippen molar-refractivity contribution in [2.45, 2.75) is 13.0 Å². The van der Waals surface area contributed by atoms with Crippen LogP contribution in [0.5, 0.6) is 0 Å². The molecule has 0 bridgehead atoms. The van der Waals surface area contributed by atoms with Gasteiger partial charge in [0.25, 0.3) is 0 Å². The van der Waals surface area contributed by atoms with Crippen LogP contribution in [-0.4, -0.2) is 6.54 Å². The number of halogens is 1. The van der Waals surface area contributed by atoms with Crippen molar-refractivity contribution in [3.8, 4) is 0 Å². The molecule has 0 spiro atoms. The van der Waals surface area contributed by atoms with Crippen molar-refractivity contribution in [1.29, 1.82) is 0 Å². The predicted octanol–water partition coefficient (Wildman–Crippen LogP) is 3.48. The summed E-state index contributed by atoms with van der Waals surface area (Å²) in [5.74, 6) is 0. The van der Waals surface area contributed by atoms with Crippen molar-refractivity contribution in [3.63, 3.8) is 0 Å². The molecule has 1 aliphatic heterocycles. The van der Waals surface area contributed by atoms with Gasteiger partial charge in [-0.05, 0) is 35.7 Å². The maximum atomic E-state index is 6.23. The molecule has 2 aromatic rings. The smallest absolute Gasteiger partial charge is 0.0476 e. The van der Waals surface area contributed by atoms with E-state index >= 15 is 0 Å². The van der Waals surface area contributed by atoms with Crippen LogP contribution in [0.3, 0.4) is 0 Å². The van der Waals surface area contributed by atoms with Gasteiger partial charge in [-0.15, -0.1) is 0 Å². The van der Waals surface area contributed by atoms with E-state index in [1.165, 1.54) is 11.3 Å². The van der Waals surface area contributed by atoms with Crippen molar-refractivity contribution >= 4 is 23.0 Å². The van der Waals surface area contributed by atoms with E-state index in [1.54, 1.807) is 0 Å². The van der Waals surface area contributed by atoms with Crippen LogP contribution in [-0.2, 0) is 13.0 Å². The number of para-hydroxylation sites is 1. The van der Waals surface area contributed by atoms with Gasteiger partial charge in [0.15, 0.2) is 0 Å². The van der Waals surface area contributed by atoms with E-state index in [0.717, 1.165) is 30.1 Å². The number of fused-ring (bicyclic) bond motifs is 1. The average molecular weight is 259 g/mol. The maximum Gasteiger partial charge on any atom is 0.0476 e. The van der Waals surface area contributed by atoms with Crippen LogP contribution < -0.4 is 10.6 Å². The standard InChI is InChI=1S/C15H15ClN2/c16-14-9-13(17)6-5-12(14)10-18-8-7-11-3-1-2-4-15(11)18/h1-6,9H,7-8,10,17H2. The van der Waals surface area contributed by atoms with Gasteiger partial charge in [0, 0.05) is 29.5 Å². The Morgan fingerprint density at radius 1 is 1.17 bits per heavy atom. The van der Waals surface area contributed by atoms with Crippen molar-refractivity contribution in [1.82, 2.24) is 0 Å². The Bertz CT molecular complexity index is 580. The number of hydrogen-bond donors (Lipinski definition) is 1. The minimum atomic E-state index is 0.713. The summed E-state index contributed by atoms with van der Waals surface area (Å²) in [6.45, 7) is 1.90. The summed E-state index contributed by atoms with van der Waals surface area (Å²) in [7, 11) is 0. The van der Waals surface area contributed by atoms with Crippen LogP contribution in [0.1, 0.15) is 11.1 Å². The number of rotatable bonds is 2. The topological polar surface area (TPSA) is 29.3 Å². The average Bonchev–Trinajstić information content (AvgIpc) is 2.76. The SMILES string of the molecule is Nc1ccc(CN2CCc3ccccc32)c(Cl)c1. The zero-order valence-corrected chi connectivity index (χ0v) is 10.8. The van der Waals surface area contributed by atoms with Crippen LogP contribution in [0.2, 0.25) is 5.02 Å². The minimum Gasteiger partial charge on any atom is -0.399 e. The molecule has 0 aromatic heterocycles. The van der Waals surface area contributed by atoms with Crippen LogP contribution in [0, 0.1) is 0 Å². The Balaban J connectivity index is 1.86. The lowest BCUT2D eigenvalue weighted by Crippen LogP contribution is -2.19. The fraction of sp³-hybridized carbons (Fsp3) is 0.200. The lowest BCUT2D eigenvalue weighted by molar-refractivity contribution is 0.836. The summed E-state index contributed by atoms with van der Waals surface area (Å²) < 4.78 is 0. The zero-order chi connectivity index (χ0) is 12.5. The van der Waals surface area contributed by atoms with E-state index in [4.69, 9.17) is 17.3 Å². The highest BCUT2D eigenvalue weighted by Gasteiger charge is 2.18. The molecule has 0 saturated heterocycles. The second kappa shape index (κ2) is 4.54. The first-order chi connectivity index (χ1) is 8.74. The van der Waals surface area contributed by atoms with E-state index < -0.39 is 0 Å². The second-order valence-corrected chi connectivity index (χ2v) is 5.06. The molecular weight excluding hydrogens is 244 g/mol. The molecule has 92 valence electrons. The van der Waals surface area contributed by atoms with E-state index in [1.807, 2.05) is 18.2 Å². The molecule has 0 saturated carbocycles.